The summed E-state index contributed by atoms with van der Waals surface area (Å²) in [6.45, 7) is -0.0554. The van der Waals surface area contributed by atoms with Crippen molar-refractivity contribution in [1.82, 2.24) is 5.32 Å². The van der Waals surface area contributed by atoms with Gasteiger partial charge in [0.15, 0.2) is 0 Å². The Bertz CT molecular complexity index is 717. The van der Waals surface area contributed by atoms with Crippen LogP contribution in [0.4, 0.5) is 13.2 Å². The van der Waals surface area contributed by atoms with Crippen molar-refractivity contribution in [3.05, 3.63) is 69.7 Å². The molecule has 1 amide bonds. The summed E-state index contributed by atoms with van der Waals surface area (Å²) in [7, 11) is 0. The number of rotatable bonds is 6. The maximum absolute atomic E-state index is 12.5. The van der Waals surface area contributed by atoms with Crippen LogP contribution in [0.25, 0.3) is 0 Å². The number of benzene rings is 2. The molecule has 0 aliphatic heterocycles. The quantitative estimate of drug-likeness (QED) is 0.740. The Morgan fingerprint density at radius 3 is 2.36 bits per heavy atom. The lowest BCUT2D eigenvalue weighted by Gasteiger charge is -2.14. The maximum atomic E-state index is 12.5. The minimum atomic E-state index is -4.41. The average molecular weight is 416 g/mol. The maximum Gasteiger partial charge on any atom is 0.416 e. The predicted molar refractivity (Wildman–Crippen MR) is 91.9 cm³/mol. The molecule has 3 nitrogen and oxygen atoms in total. The third-order valence-electron chi connectivity index (χ3n) is 3.69. The first-order valence-corrected chi connectivity index (χ1v) is 8.42. The fourth-order valence-electron chi connectivity index (χ4n) is 2.26. The van der Waals surface area contributed by atoms with Crippen LogP contribution < -0.4 is 5.32 Å². The van der Waals surface area contributed by atoms with Crippen molar-refractivity contribution in [2.75, 3.05) is 6.54 Å². The molecule has 7 heteroatoms. The van der Waals surface area contributed by atoms with E-state index < -0.39 is 17.8 Å². The monoisotopic (exact) mass is 415 g/mol. The van der Waals surface area contributed by atoms with E-state index >= 15 is 0 Å². The summed E-state index contributed by atoms with van der Waals surface area (Å²) < 4.78 is 38.4. The number of alkyl halides is 3. The van der Waals surface area contributed by atoms with Gasteiger partial charge >= 0.3 is 6.18 Å². The summed E-state index contributed by atoms with van der Waals surface area (Å²) in [6.07, 6.45) is -4.68. The summed E-state index contributed by atoms with van der Waals surface area (Å²) >= 11 is 3.41. The van der Waals surface area contributed by atoms with Crippen LogP contribution in [-0.2, 0) is 17.4 Å². The van der Waals surface area contributed by atoms with Crippen molar-refractivity contribution in [3.63, 3.8) is 0 Å². The zero-order chi connectivity index (χ0) is 18.4. The fourth-order valence-corrected chi connectivity index (χ4v) is 2.74. The second-order valence-corrected chi connectivity index (χ2v) is 6.39. The highest BCUT2D eigenvalue weighted by Gasteiger charge is 2.30. The molecule has 0 saturated carbocycles. The Kier molecular flexibility index (Phi) is 6.61. The largest absolute Gasteiger partial charge is 0.416 e. The van der Waals surface area contributed by atoms with Crippen LogP contribution in [0.3, 0.4) is 0 Å². The molecule has 1 atom stereocenters. The van der Waals surface area contributed by atoms with Gasteiger partial charge in [-0.3, -0.25) is 4.79 Å². The molecular formula is C18H17BrF3NO2. The van der Waals surface area contributed by atoms with Gasteiger partial charge in [0.05, 0.1) is 11.7 Å². The highest BCUT2D eigenvalue weighted by atomic mass is 79.9. The molecule has 0 aliphatic rings. The van der Waals surface area contributed by atoms with Crippen LogP contribution in [0.5, 0.6) is 0 Å². The number of aliphatic hydroxyl groups excluding tert-OH is 1. The fraction of sp³-hybridized carbons (Fsp3) is 0.278. The Morgan fingerprint density at radius 1 is 1.12 bits per heavy atom. The van der Waals surface area contributed by atoms with Crippen LogP contribution in [0, 0.1) is 0 Å². The number of halogens is 4. The lowest BCUT2D eigenvalue weighted by atomic mass is 10.1. The van der Waals surface area contributed by atoms with Gasteiger partial charge in [0.1, 0.15) is 0 Å². The Hall–Kier alpha value is -1.86. The molecule has 2 N–H and O–H groups in total. The van der Waals surface area contributed by atoms with E-state index in [-0.39, 0.29) is 18.9 Å². The van der Waals surface area contributed by atoms with Crippen molar-refractivity contribution >= 4 is 21.8 Å². The zero-order valence-electron chi connectivity index (χ0n) is 13.2. The smallest absolute Gasteiger partial charge is 0.387 e. The topological polar surface area (TPSA) is 49.3 Å². The Balaban J connectivity index is 1.82. The summed E-state index contributed by atoms with van der Waals surface area (Å²) in [5.41, 5.74) is 0.543. The summed E-state index contributed by atoms with van der Waals surface area (Å²) in [5.74, 6) is -0.235. The van der Waals surface area contributed by atoms with Crippen molar-refractivity contribution < 1.29 is 23.1 Å². The number of nitrogens with one attached hydrogen (secondary N) is 1. The SMILES string of the molecule is O=C(CCc1ccccc1Br)NC[C@H](O)c1ccc(C(F)(F)F)cc1. The van der Waals surface area contributed by atoms with Crippen molar-refractivity contribution in [2.24, 2.45) is 0 Å². The van der Waals surface area contributed by atoms with E-state index in [2.05, 4.69) is 21.2 Å². The Labute approximate surface area is 152 Å². The molecule has 2 aromatic carbocycles. The highest BCUT2D eigenvalue weighted by Crippen LogP contribution is 2.29. The van der Waals surface area contributed by atoms with Crippen molar-refractivity contribution in [3.8, 4) is 0 Å². The molecule has 25 heavy (non-hydrogen) atoms. The van der Waals surface area contributed by atoms with Gasteiger partial charge in [-0.05, 0) is 35.7 Å². The molecule has 0 bridgehead atoms. The van der Waals surface area contributed by atoms with Gasteiger partial charge in [0.25, 0.3) is 0 Å². The second kappa shape index (κ2) is 8.49. The number of amides is 1. The van der Waals surface area contributed by atoms with E-state index in [0.717, 1.165) is 22.2 Å². The molecule has 134 valence electrons. The third-order valence-corrected chi connectivity index (χ3v) is 4.47. The first kappa shape index (κ1) is 19.5. The molecule has 0 radical (unpaired) electrons. The van der Waals surface area contributed by atoms with Crippen molar-refractivity contribution in [1.29, 1.82) is 0 Å². The number of hydrogen-bond donors (Lipinski definition) is 2. The molecule has 0 unspecified atom stereocenters. The van der Waals surface area contributed by atoms with E-state index in [1.54, 1.807) is 0 Å². The standard InChI is InChI=1S/C18H17BrF3NO2/c19-15-4-2-1-3-12(15)7-10-17(25)23-11-16(24)13-5-8-14(9-6-13)18(20,21)22/h1-6,8-9,16,24H,7,10-11H2,(H,23,25)/t16-/m0/s1. The second-order valence-electron chi connectivity index (χ2n) is 5.53. The van der Waals surface area contributed by atoms with Gasteiger partial charge in [-0.2, -0.15) is 13.2 Å². The van der Waals surface area contributed by atoms with E-state index in [1.807, 2.05) is 24.3 Å². The molecule has 2 rings (SSSR count). The summed E-state index contributed by atoms with van der Waals surface area (Å²) in [4.78, 5) is 11.9. The van der Waals surface area contributed by atoms with Crippen LogP contribution in [-0.4, -0.2) is 17.6 Å². The predicted octanol–water partition coefficient (Wildman–Crippen LogP) is 4.25. The van der Waals surface area contributed by atoms with E-state index in [0.29, 0.717) is 12.0 Å². The van der Waals surface area contributed by atoms with Gasteiger partial charge in [0, 0.05) is 17.4 Å². The molecule has 0 spiro atoms. The normalized spacial score (nSPS) is 12.7. The molecule has 0 fully saturated rings. The highest BCUT2D eigenvalue weighted by molar-refractivity contribution is 9.10. The van der Waals surface area contributed by atoms with Gasteiger partial charge < -0.3 is 10.4 Å². The Morgan fingerprint density at radius 2 is 1.76 bits per heavy atom. The number of carbonyl (C=O) groups excluding carboxylic acids is 1. The molecule has 2 aromatic rings. The molecule has 0 aliphatic carbocycles. The number of hydrogen-bond acceptors (Lipinski definition) is 2. The van der Waals surface area contributed by atoms with E-state index in [9.17, 15) is 23.1 Å². The lowest BCUT2D eigenvalue weighted by Crippen LogP contribution is -2.28. The van der Waals surface area contributed by atoms with Gasteiger partial charge in [-0.15, -0.1) is 0 Å². The van der Waals surface area contributed by atoms with Crippen LogP contribution in [0.1, 0.15) is 29.2 Å². The molecule has 0 saturated heterocycles. The van der Waals surface area contributed by atoms with E-state index in [4.69, 9.17) is 0 Å². The van der Waals surface area contributed by atoms with E-state index in [1.165, 1.54) is 12.1 Å². The minimum Gasteiger partial charge on any atom is -0.387 e. The molecule has 0 heterocycles. The van der Waals surface area contributed by atoms with Crippen LogP contribution >= 0.6 is 15.9 Å². The first-order valence-electron chi connectivity index (χ1n) is 7.62. The van der Waals surface area contributed by atoms with Crippen LogP contribution in [0.2, 0.25) is 0 Å². The molecule has 0 aromatic heterocycles. The van der Waals surface area contributed by atoms with Crippen LogP contribution in [0.15, 0.2) is 53.0 Å². The number of aliphatic hydroxyl groups is 1. The summed E-state index contributed by atoms with van der Waals surface area (Å²) in [6, 6.07) is 11.8. The zero-order valence-corrected chi connectivity index (χ0v) is 14.8. The van der Waals surface area contributed by atoms with Gasteiger partial charge in [-0.25, -0.2) is 0 Å². The van der Waals surface area contributed by atoms with Gasteiger partial charge in [0.2, 0.25) is 5.91 Å². The lowest BCUT2D eigenvalue weighted by molar-refractivity contribution is -0.137. The van der Waals surface area contributed by atoms with Crippen molar-refractivity contribution in [2.45, 2.75) is 25.1 Å². The number of aryl methyl sites for hydroxylation is 1. The summed E-state index contributed by atoms with van der Waals surface area (Å²) in [5, 5.41) is 12.6. The minimum absolute atomic E-state index is 0.0554. The third kappa shape index (κ3) is 5.86. The first-order chi connectivity index (χ1) is 11.8. The molecular weight excluding hydrogens is 399 g/mol. The van der Waals surface area contributed by atoms with Gasteiger partial charge in [-0.1, -0.05) is 46.3 Å². The average Bonchev–Trinajstić information content (AvgIpc) is 2.58. The number of carbonyl (C=O) groups is 1.